The van der Waals surface area contributed by atoms with Crippen LogP contribution in [-0.2, 0) is 19.4 Å². The Balaban J connectivity index is 1.80. The molecule has 1 aliphatic rings. The fraction of sp³-hybridized carbons (Fsp3) is 0.588. The van der Waals surface area contributed by atoms with Crippen LogP contribution < -0.4 is 0 Å². The van der Waals surface area contributed by atoms with Gasteiger partial charge in [-0.15, -0.1) is 0 Å². The van der Waals surface area contributed by atoms with Crippen LogP contribution in [0.3, 0.4) is 0 Å². The van der Waals surface area contributed by atoms with Gasteiger partial charge in [0.1, 0.15) is 6.10 Å². The van der Waals surface area contributed by atoms with Crippen molar-refractivity contribution in [1.29, 1.82) is 0 Å². The molecule has 0 saturated carbocycles. The molecule has 7 heteroatoms. The van der Waals surface area contributed by atoms with E-state index in [1.165, 1.54) is 0 Å². The number of rotatable bonds is 6. The van der Waals surface area contributed by atoms with Gasteiger partial charge in [0.25, 0.3) is 0 Å². The van der Waals surface area contributed by atoms with E-state index in [1.807, 2.05) is 13.8 Å². The van der Waals surface area contributed by atoms with Gasteiger partial charge in [0, 0.05) is 24.1 Å². The Morgan fingerprint density at radius 2 is 1.83 bits per heavy atom. The van der Waals surface area contributed by atoms with E-state index in [0.717, 1.165) is 30.4 Å². The van der Waals surface area contributed by atoms with Gasteiger partial charge in [-0.3, -0.25) is 4.79 Å². The number of nitrogens with zero attached hydrogens (tertiary/aromatic N) is 1. The first-order valence-corrected chi connectivity index (χ1v) is 10.6. The van der Waals surface area contributed by atoms with E-state index in [4.69, 9.17) is 4.74 Å². The van der Waals surface area contributed by atoms with Crippen LogP contribution in [0.5, 0.6) is 0 Å². The SMILES string of the molecule is CC(C)C(=O)OC1CCN(CCS(=O)(=O)c2ccc(Br)cc2)CC1. The molecule has 1 aromatic rings. The number of carbonyl (C=O) groups is 1. The molecule has 134 valence electrons. The molecule has 1 aliphatic heterocycles. The third-order valence-electron chi connectivity index (χ3n) is 4.14. The summed E-state index contributed by atoms with van der Waals surface area (Å²) in [5.41, 5.74) is 0. The monoisotopic (exact) mass is 417 g/mol. The minimum absolute atomic E-state index is 0.0424. The number of hydrogen-bond acceptors (Lipinski definition) is 5. The van der Waals surface area contributed by atoms with Crippen molar-refractivity contribution in [2.24, 2.45) is 5.92 Å². The van der Waals surface area contributed by atoms with E-state index in [9.17, 15) is 13.2 Å². The van der Waals surface area contributed by atoms with Crippen molar-refractivity contribution in [3.63, 3.8) is 0 Å². The molecular weight excluding hydrogens is 394 g/mol. The van der Waals surface area contributed by atoms with Crippen LogP contribution in [0.1, 0.15) is 26.7 Å². The summed E-state index contributed by atoms with van der Waals surface area (Å²) in [4.78, 5) is 14.1. The van der Waals surface area contributed by atoms with Gasteiger partial charge in [-0.25, -0.2) is 8.42 Å². The third kappa shape index (κ3) is 5.57. The average Bonchev–Trinajstić information content (AvgIpc) is 2.54. The Bertz CT molecular complexity index is 650. The smallest absolute Gasteiger partial charge is 0.308 e. The first-order chi connectivity index (χ1) is 11.3. The van der Waals surface area contributed by atoms with Crippen LogP contribution in [0.15, 0.2) is 33.6 Å². The number of ether oxygens (including phenoxy) is 1. The minimum Gasteiger partial charge on any atom is -0.462 e. The molecule has 1 heterocycles. The van der Waals surface area contributed by atoms with Crippen LogP contribution in [0.4, 0.5) is 0 Å². The molecule has 0 unspecified atom stereocenters. The third-order valence-corrected chi connectivity index (χ3v) is 6.38. The molecular formula is C17H24BrNO4S. The summed E-state index contributed by atoms with van der Waals surface area (Å²) in [5, 5.41) is 0. The van der Waals surface area contributed by atoms with Crippen molar-refractivity contribution in [3.8, 4) is 0 Å². The maximum atomic E-state index is 12.4. The van der Waals surface area contributed by atoms with Gasteiger partial charge in [-0.05, 0) is 37.1 Å². The number of esters is 1. The maximum Gasteiger partial charge on any atom is 0.308 e. The van der Waals surface area contributed by atoms with Gasteiger partial charge in [-0.1, -0.05) is 29.8 Å². The average molecular weight is 418 g/mol. The molecule has 5 nitrogen and oxygen atoms in total. The zero-order valence-electron chi connectivity index (χ0n) is 14.1. The molecule has 24 heavy (non-hydrogen) atoms. The first kappa shape index (κ1) is 19.4. The number of hydrogen-bond donors (Lipinski definition) is 0. The fourth-order valence-corrected chi connectivity index (χ4v) is 4.11. The summed E-state index contributed by atoms with van der Waals surface area (Å²) in [6.07, 6.45) is 1.48. The van der Waals surface area contributed by atoms with Crippen molar-refractivity contribution < 1.29 is 17.9 Å². The Morgan fingerprint density at radius 3 is 2.38 bits per heavy atom. The highest BCUT2D eigenvalue weighted by Gasteiger charge is 2.24. The van der Waals surface area contributed by atoms with Gasteiger partial charge in [-0.2, -0.15) is 0 Å². The van der Waals surface area contributed by atoms with E-state index >= 15 is 0 Å². The molecule has 0 radical (unpaired) electrons. The van der Waals surface area contributed by atoms with E-state index in [-0.39, 0.29) is 23.7 Å². The maximum absolute atomic E-state index is 12.4. The van der Waals surface area contributed by atoms with E-state index < -0.39 is 9.84 Å². The van der Waals surface area contributed by atoms with Gasteiger partial charge < -0.3 is 9.64 Å². The molecule has 0 bridgehead atoms. The highest BCUT2D eigenvalue weighted by molar-refractivity contribution is 9.10. The molecule has 0 atom stereocenters. The second-order valence-electron chi connectivity index (χ2n) is 6.41. The lowest BCUT2D eigenvalue weighted by Crippen LogP contribution is -2.40. The number of sulfone groups is 1. The number of benzene rings is 1. The number of halogens is 1. The van der Waals surface area contributed by atoms with Crippen LogP contribution >= 0.6 is 15.9 Å². The largest absolute Gasteiger partial charge is 0.462 e. The lowest BCUT2D eigenvalue weighted by atomic mass is 10.1. The summed E-state index contributed by atoms with van der Waals surface area (Å²) in [6.45, 7) is 5.66. The molecule has 0 spiro atoms. The number of likely N-dealkylation sites (tertiary alicyclic amines) is 1. The van der Waals surface area contributed by atoms with Crippen molar-refractivity contribution >= 4 is 31.7 Å². The van der Waals surface area contributed by atoms with Gasteiger partial charge in [0.2, 0.25) is 0 Å². The normalized spacial score (nSPS) is 17.2. The second kappa shape index (κ2) is 8.45. The van der Waals surface area contributed by atoms with Crippen LogP contribution in [0.2, 0.25) is 0 Å². The summed E-state index contributed by atoms with van der Waals surface area (Å²) >= 11 is 3.31. The molecule has 0 N–H and O–H groups in total. The van der Waals surface area contributed by atoms with Crippen molar-refractivity contribution in [2.45, 2.75) is 37.7 Å². The summed E-state index contributed by atoms with van der Waals surface area (Å²) < 4.78 is 31.0. The van der Waals surface area contributed by atoms with Crippen molar-refractivity contribution in [3.05, 3.63) is 28.7 Å². The topological polar surface area (TPSA) is 63.7 Å². The van der Waals surface area contributed by atoms with Gasteiger partial charge in [0.15, 0.2) is 9.84 Å². The van der Waals surface area contributed by atoms with Gasteiger partial charge in [0.05, 0.1) is 16.6 Å². The van der Waals surface area contributed by atoms with E-state index in [2.05, 4.69) is 20.8 Å². The van der Waals surface area contributed by atoms with Crippen LogP contribution in [0.25, 0.3) is 0 Å². The molecule has 0 aromatic heterocycles. The van der Waals surface area contributed by atoms with Gasteiger partial charge >= 0.3 is 5.97 Å². The summed E-state index contributed by atoms with van der Waals surface area (Å²) in [5.74, 6) is -0.171. The first-order valence-electron chi connectivity index (χ1n) is 8.19. The quantitative estimate of drug-likeness (QED) is 0.665. The zero-order valence-corrected chi connectivity index (χ0v) is 16.5. The Labute approximate surface area is 152 Å². The number of carbonyl (C=O) groups excluding carboxylic acids is 1. The van der Waals surface area contributed by atoms with E-state index in [1.54, 1.807) is 24.3 Å². The predicted molar refractivity (Wildman–Crippen MR) is 96.6 cm³/mol. The predicted octanol–water partition coefficient (Wildman–Crippen LogP) is 2.89. The molecule has 1 fully saturated rings. The zero-order chi connectivity index (χ0) is 17.7. The molecule has 2 rings (SSSR count). The highest BCUT2D eigenvalue weighted by atomic mass is 79.9. The Kier molecular flexibility index (Phi) is 6.83. The molecule has 1 aromatic carbocycles. The second-order valence-corrected chi connectivity index (χ2v) is 9.43. The lowest BCUT2D eigenvalue weighted by Gasteiger charge is -2.31. The Morgan fingerprint density at radius 1 is 1.25 bits per heavy atom. The molecule has 1 saturated heterocycles. The Hall–Kier alpha value is -0.920. The van der Waals surface area contributed by atoms with Crippen molar-refractivity contribution in [2.75, 3.05) is 25.4 Å². The lowest BCUT2D eigenvalue weighted by molar-refractivity contribution is -0.155. The summed E-state index contributed by atoms with van der Waals surface area (Å²) in [6, 6.07) is 6.72. The van der Waals surface area contributed by atoms with Crippen LogP contribution in [0, 0.1) is 5.92 Å². The van der Waals surface area contributed by atoms with E-state index in [0.29, 0.717) is 11.4 Å². The van der Waals surface area contributed by atoms with Crippen LogP contribution in [-0.4, -0.2) is 50.8 Å². The molecule has 0 aliphatic carbocycles. The number of piperidine rings is 1. The minimum atomic E-state index is -3.27. The molecule has 0 amide bonds. The van der Waals surface area contributed by atoms with Crippen molar-refractivity contribution in [1.82, 2.24) is 4.90 Å². The standard InChI is InChI=1S/C17H24BrNO4S/c1-13(2)17(20)23-15-7-9-19(10-8-15)11-12-24(21,22)16-5-3-14(18)4-6-16/h3-6,13,15H,7-12H2,1-2H3. The summed E-state index contributed by atoms with van der Waals surface area (Å²) in [7, 11) is -3.27. The fourth-order valence-electron chi connectivity index (χ4n) is 2.56. The highest BCUT2D eigenvalue weighted by Crippen LogP contribution is 2.18.